The third-order valence-corrected chi connectivity index (χ3v) is 2.05. The number of methoxy groups -OCH3 is 1. The topological polar surface area (TPSA) is 29.5 Å². The largest absolute Gasteiger partial charge is 0.504 e. The van der Waals surface area contributed by atoms with E-state index in [1.54, 1.807) is 13.2 Å². The molecule has 0 fully saturated rings. The van der Waals surface area contributed by atoms with Crippen LogP contribution in [0.5, 0.6) is 11.5 Å². The van der Waals surface area contributed by atoms with Gasteiger partial charge in [-0.3, -0.25) is 0 Å². The van der Waals surface area contributed by atoms with Crippen LogP contribution < -0.4 is 4.74 Å². The van der Waals surface area contributed by atoms with Crippen molar-refractivity contribution in [2.24, 2.45) is 0 Å². The first-order valence-corrected chi connectivity index (χ1v) is 4.32. The lowest BCUT2D eigenvalue weighted by Gasteiger charge is -2.19. The molecule has 0 aliphatic rings. The number of ether oxygens (including phenoxy) is 1. The van der Waals surface area contributed by atoms with Gasteiger partial charge in [0.15, 0.2) is 11.5 Å². The van der Waals surface area contributed by atoms with E-state index in [9.17, 15) is 5.11 Å². The summed E-state index contributed by atoms with van der Waals surface area (Å²) in [4.78, 5) is 0. The first-order valence-electron chi connectivity index (χ1n) is 4.32. The predicted octanol–water partition coefficient (Wildman–Crippen LogP) is 2.70. The molecule has 72 valence electrons. The molecule has 2 heteroatoms. The van der Waals surface area contributed by atoms with Gasteiger partial charge in [0.2, 0.25) is 0 Å². The number of hydrogen-bond donors (Lipinski definition) is 1. The predicted molar refractivity (Wildman–Crippen MR) is 53.4 cm³/mol. The number of aromatic hydroxyl groups is 1. The van der Waals surface area contributed by atoms with Crippen molar-refractivity contribution in [2.75, 3.05) is 7.11 Å². The van der Waals surface area contributed by atoms with Crippen LogP contribution >= 0.6 is 0 Å². The molecule has 0 saturated heterocycles. The van der Waals surface area contributed by atoms with E-state index in [1.807, 2.05) is 12.1 Å². The van der Waals surface area contributed by atoms with E-state index in [0.29, 0.717) is 5.75 Å². The SMILES string of the molecule is COc1cc(C(C)(C)C)ccc1O. The summed E-state index contributed by atoms with van der Waals surface area (Å²) in [6, 6.07) is 5.45. The van der Waals surface area contributed by atoms with Crippen LogP contribution in [0.3, 0.4) is 0 Å². The summed E-state index contributed by atoms with van der Waals surface area (Å²) < 4.78 is 5.03. The van der Waals surface area contributed by atoms with Crippen LogP contribution in [0.1, 0.15) is 26.3 Å². The zero-order valence-electron chi connectivity index (χ0n) is 8.59. The Morgan fingerprint density at radius 2 is 1.85 bits per heavy atom. The molecule has 0 amide bonds. The molecule has 1 N–H and O–H groups in total. The van der Waals surface area contributed by atoms with Gasteiger partial charge < -0.3 is 9.84 Å². The minimum absolute atomic E-state index is 0.0843. The fourth-order valence-electron chi connectivity index (χ4n) is 1.14. The average Bonchev–Trinajstić information content (AvgIpc) is 2.03. The smallest absolute Gasteiger partial charge is 0.160 e. The van der Waals surface area contributed by atoms with E-state index in [-0.39, 0.29) is 11.2 Å². The van der Waals surface area contributed by atoms with Gasteiger partial charge in [0.1, 0.15) is 0 Å². The van der Waals surface area contributed by atoms with Gasteiger partial charge in [0, 0.05) is 0 Å². The monoisotopic (exact) mass is 180 g/mol. The standard InChI is InChI=1S/C11H16O2/c1-11(2,3)8-5-6-9(12)10(7-8)13-4/h5-7,12H,1-4H3. The molecule has 1 rings (SSSR count). The van der Waals surface area contributed by atoms with Gasteiger partial charge in [-0.05, 0) is 23.1 Å². The van der Waals surface area contributed by atoms with Crippen molar-refractivity contribution in [2.45, 2.75) is 26.2 Å². The minimum atomic E-state index is 0.0843. The molecule has 0 aliphatic heterocycles. The van der Waals surface area contributed by atoms with Crippen LogP contribution in [0.2, 0.25) is 0 Å². The van der Waals surface area contributed by atoms with Gasteiger partial charge in [-0.1, -0.05) is 26.8 Å². The van der Waals surface area contributed by atoms with Crippen molar-refractivity contribution >= 4 is 0 Å². The molecule has 0 atom stereocenters. The summed E-state index contributed by atoms with van der Waals surface area (Å²) in [6.07, 6.45) is 0. The first-order chi connectivity index (χ1) is 5.95. The van der Waals surface area contributed by atoms with Crippen LogP contribution in [0, 0.1) is 0 Å². The third-order valence-electron chi connectivity index (χ3n) is 2.05. The van der Waals surface area contributed by atoms with E-state index < -0.39 is 0 Å². The molecule has 0 unspecified atom stereocenters. The molecule has 0 heterocycles. The van der Waals surface area contributed by atoms with E-state index in [0.717, 1.165) is 5.56 Å². The zero-order chi connectivity index (χ0) is 10.1. The highest BCUT2D eigenvalue weighted by atomic mass is 16.5. The quantitative estimate of drug-likeness (QED) is 0.720. The highest BCUT2D eigenvalue weighted by Crippen LogP contribution is 2.31. The zero-order valence-corrected chi connectivity index (χ0v) is 8.59. The summed E-state index contributed by atoms with van der Waals surface area (Å²) >= 11 is 0. The van der Waals surface area contributed by atoms with Crippen LogP contribution in [0.4, 0.5) is 0 Å². The van der Waals surface area contributed by atoms with Crippen LogP contribution in [0.15, 0.2) is 18.2 Å². The van der Waals surface area contributed by atoms with Crippen molar-refractivity contribution in [1.82, 2.24) is 0 Å². The molecule has 2 nitrogen and oxygen atoms in total. The number of benzene rings is 1. The number of hydrogen-bond acceptors (Lipinski definition) is 2. The molecule has 0 aliphatic carbocycles. The van der Waals surface area contributed by atoms with E-state index in [1.165, 1.54) is 0 Å². The molecule has 0 radical (unpaired) electrons. The van der Waals surface area contributed by atoms with Gasteiger partial charge in [-0.15, -0.1) is 0 Å². The van der Waals surface area contributed by atoms with E-state index >= 15 is 0 Å². The van der Waals surface area contributed by atoms with Crippen molar-refractivity contribution in [3.63, 3.8) is 0 Å². The van der Waals surface area contributed by atoms with Crippen molar-refractivity contribution in [3.05, 3.63) is 23.8 Å². The molecule has 1 aromatic carbocycles. The highest BCUT2D eigenvalue weighted by Gasteiger charge is 2.15. The van der Waals surface area contributed by atoms with Gasteiger partial charge in [0.25, 0.3) is 0 Å². The first kappa shape index (κ1) is 9.90. The number of rotatable bonds is 1. The fraction of sp³-hybridized carbons (Fsp3) is 0.455. The van der Waals surface area contributed by atoms with Crippen molar-refractivity contribution in [3.8, 4) is 11.5 Å². The molecule has 0 saturated carbocycles. The van der Waals surface area contributed by atoms with Crippen LogP contribution in [0.25, 0.3) is 0 Å². The average molecular weight is 180 g/mol. The molecule has 13 heavy (non-hydrogen) atoms. The lowest BCUT2D eigenvalue weighted by atomic mass is 9.87. The molecule has 1 aromatic rings. The van der Waals surface area contributed by atoms with Gasteiger partial charge >= 0.3 is 0 Å². The Bertz CT molecular complexity index is 297. The summed E-state index contributed by atoms with van der Waals surface area (Å²) in [6.45, 7) is 6.37. The molecule has 0 bridgehead atoms. The lowest BCUT2D eigenvalue weighted by Crippen LogP contribution is -2.10. The summed E-state index contributed by atoms with van der Waals surface area (Å²) in [5.41, 5.74) is 1.24. The molecule has 0 aromatic heterocycles. The number of phenols is 1. The Morgan fingerprint density at radius 3 is 2.31 bits per heavy atom. The number of phenolic OH excluding ortho intramolecular Hbond substituents is 1. The highest BCUT2D eigenvalue weighted by molar-refractivity contribution is 5.43. The Morgan fingerprint density at radius 1 is 1.23 bits per heavy atom. The summed E-state index contributed by atoms with van der Waals surface area (Å²) in [7, 11) is 1.56. The Kier molecular flexibility index (Phi) is 2.50. The lowest BCUT2D eigenvalue weighted by molar-refractivity contribution is 0.371. The third kappa shape index (κ3) is 2.14. The Labute approximate surface area is 79.2 Å². The van der Waals surface area contributed by atoms with Gasteiger partial charge in [-0.2, -0.15) is 0 Å². The second kappa shape index (κ2) is 3.29. The second-order valence-corrected chi connectivity index (χ2v) is 4.14. The van der Waals surface area contributed by atoms with Gasteiger partial charge in [-0.25, -0.2) is 0 Å². The molecule has 0 spiro atoms. The Balaban J connectivity index is 3.14. The second-order valence-electron chi connectivity index (χ2n) is 4.14. The minimum Gasteiger partial charge on any atom is -0.504 e. The normalized spacial score (nSPS) is 11.4. The maximum atomic E-state index is 9.38. The van der Waals surface area contributed by atoms with Crippen molar-refractivity contribution < 1.29 is 9.84 Å². The van der Waals surface area contributed by atoms with Gasteiger partial charge in [0.05, 0.1) is 7.11 Å². The Hall–Kier alpha value is -1.18. The van der Waals surface area contributed by atoms with Crippen molar-refractivity contribution in [1.29, 1.82) is 0 Å². The van der Waals surface area contributed by atoms with E-state index in [2.05, 4.69) is 20.8 Å². The maximum Gasteiger partial charge on any atom is 0.160 e. The molecular formula is C11H16O2. The summed E-state index contributed by atoms with van der Waals surface area (Å²) in [5.74, 6) is 0.725. The fourth-order valence-corrected chi connectivity index (χ4v) is 1.14. The summed E-state index contributed by atoms with van der Waals surface area (Å²) in [5, 5.41) is 9.38. The van der Waals surface area contributed by atoms with Crippen LogP contribution in [-0.4, -0.2) is 12.2 Å². The molecular weight excluding hydrogens is 164 g/mol. The maximum absolute atomic E-state index is 9.38. The van der Waals surface area contributed by atoms with E-state index in [4.69, 9.17) is 4.74 Å². The van der Waals surface area contributed by atoms with Crippen LogP contribution in [-0.2, 0) is 5.41 Å².